The first-order chi connectivity index (χ1) is 12.5. The van der Waals surface area contributed by atoms with Gasteiger partial charge in [-0.15, -0.1) is 0 Å². The van der Waals surface area contributed by atoms with E-state index in [1.165, 1.54) is 0 Å². The van der Waals surface area contributed by atoms with Crippen LogP contribution in [0, 0.1) is 6.92 Å². The van der Waals surface area contributed by atoms with E-state index in [9.17, 15) is 9.59 Å². The van der Waals surface area contributed by atoms with Gasteiger partial charge >= 0.3 is 5.97 Å². The van der Waals surface area contributed by atoms with Crippen molar-refractivity contribution in [2.45, 2.75) is 57.5 Å². The van der Waals surface area contributed by atoms with Crippen LogP contribution in [-0.2, 0) is 11.2 Å². The smallest absolute Gasteiger partial charge is 0.355 e. The fourth-order valence-corrected chi connectivity index (χ4v) is 4.35. The third-order valence-electron chi connectivity index (χ3n) is 5.61. The molecular formula is C21H22ClNO3. The van der Waals surface area contributed by atoms with E-state index in [1.54, 1.807) is 0 Å². The van der Waals surface area contributed by atoms with Gasteiger partial charge in [-0.25, -0.2) is 4.79 Å². The van der Waals surface area contributed by atoms with Gasteiger partial charge in [-0.2, -0.15) is 0 Å². The molecule has 1 aromatic carbocycles. The van der Waals surface area contributed by atoms with Gasteiger partial charge in [0.05, 0.1) is 0 Å². The van der Waals surface area contributed by atoms with Gasteiger partial charge in [0, 0.05) is 22.7 Å². The molecule has 2 aliphatic rings. The normalized spacial score (nSPS) is 20.2. The number of fused-ring (bicyclic) bond motifs is 1. The first-order valence-corrected chi connectivity index (χ1v) is 9.62. The molecule has 0 aliphatic heterocycles. The topological polar surface area (TPSA) is 59.2 Å². The monoisotopic (exact) mass is 371 g/mol. The zero-order chi connectivity index (χ0) is 18.3. The van der Waals surface area contributed by atoms with Gasteiger partial charge in [-0.3, -0.25) is 4.79 Å². The summed E-state index contributed by atoms with van der Waals surface area (Å²) in [5.41, 5.74) is 3.77. The molecule has 0 radical (unpaired) electrons. The number of rotatable bonds is 3. The third kappa shape index (κ3) is 3.18. The Hall–Kier alpha value is -2.07. The molecule has 0 amide bonds. The highest BCUT2D eigenvalue weighted by atomic mass is 35.5. The van der Waals surface area contributed by atoms with Crippen molar-refractivity contribution < 1.29 is 14.3 Å². The summed E-state index contributed by atoms with van der Waals surface area (Å²) < 4.78 is 5.62. The van der Waals surface area contributed by atoms with Crippen LogP contribution in [0.4, 0.5) is 0 Å². The molecule has 4 nitrogen and oxygen atoms in total. The number of aromatic amines is 1. The molecule has 26 heavy (non-hydrogen) atoms. The highest BCUT2D eigenvalue weighted by Gasteiger charge is 2.33. The molecule has 5 heteroatoms. The van der Waals surface area contributed by atoms with E-state index in [0.29, 0.717) is 29.1 Å². The maximum absolute atomic E-state index is 12.7. The van der Waals surface area contributed by atoms with E-state index in [0.717, 1.165) is 42.5 Å². The van der Waals surface area contributed by atoms with Crippen LogP contribution in [0.1, 0.15) is 75.7 Å². The molecular weight excluding hydrogens is 350 g/mol. The number of esters is 1. The van der Waals surface area contributed by atoms with Gasteiger partial charge in [0.25, 0.3) is 0 Å². The predicted molar refractivity (Wildman–Crippen MR) is 100 cm³/mol. The lowest BCUT2D eigenvalue weighted by Crippen LogP contribution is -2.18. The van der Waals surface area contributed by atoms with Crippen LogP contribution in [0.2, 0.25) is 5.02 Å². The number of carbonyl (C=O) groups is 2. The molecule has 4 rings (SSSR count). The predicted octanol–water partition coefficient (Wildman–Crippen LogP) is 4.99. The van der Waals surface area contributed by atoms with Gasteiger partial charge in [0.1, 0.15) is 11.8 Å². The lowest BCUT2D eigenvalue weighted by atomic mass is 9.81. The van der Waals surface area contributed by atoms with Crippen molar-refractivity contribution >= 4 is 23.4 Å². The maximum atomic E-state index is 12.7. The van der Waals surface area contributed by atoms with Gasteiger partial charge in [-0.1, -0.05) is 23.7 Å². The number of Topliss-reactive ketones (excluding diaryl/α,β-unsaturated/α-hetero) is 1. The largest absolute Gasteiger partial charge is 0.458 e. The summed E-state index contributed by atoms with van der Waals surface area (Å²) in [6.07, 6.45) is 5.26. The van der Waals surface area contributed by atoms with Crippen molar-refractivity contribution in [1.29, 1.82) is 0 Å². The second-order valence-corrected chi connectivity index (χ2v) is 7.81. The zero-order valence-electron chi connectivity index (χ0n) is 14.8. The van der Waals surface area contributed by atoms with Crippen LogP contribution >= 0.6 is 11.6 Å². The molecule has 1 fully saturated rings. The Kier molecular flexibility index (Phi) is 4.62. The van der Waals surface area contributed by atoms with E-state index in [1.807, 2.05) is 31.2 Å². The minimum absolute atomic E-state index is 0.0137. The number of halogens is 1. The molecule has 0 unspecified atom stereocenters. The Balaban J connectivity index is 1.59. The Morgan fingerprint density at radius 3 is 2.54 bits per heavy atom. The Morgan fingerprint density at radius 1 is 1.15 bits per heavy atom. The molecule has 1 saturated carbocycles. The summed E-state index contributed by atoms with van der Waals surface area (Å²) in [6.45, 7) is 1.83. The minimum atomic E-state index is -0.334. The van der Waals surface area contributed by atoms with Gasteiger partial charge in [0.2, 0.25) is 0 Å². The molecule has 1 atom stereocenters. The van der Waals surface area contributed by atoms with E-state index >= 15 is 0 Å². The average molecular weight is 372 g/mol. The number of hydrogen-bond donors (Lipinski definition) is 1. The summed E-state index contributed by atoms with van der Waals surface area (Å²) >= 11 is 5.96. The Morgan fingerprint density at radius 2 is 1.85 bits per heavy atom. The van der Waals surface area contributed by atoms with E-state index in [4.69, 9.17) is 16.3 Å². The van der Waals surface area contributed by atoms with Crippen molar-refractivity contribution in [2.75, 3.05) is 0 Å². The number of hydrogen-bond acceptors (Lipinski definition) is 3. The van der Waals surface area contributed by atoms with Crippen molar-refractivity contribution in [2.24, 2.45) is 0 Å². The second-order valence-electron chi connectivity index (χ2n) is 7.37. The summed E-state index contributed by atoms with van der Waals surface area (Å²) in [4.78, 5) is 28.5. The summed E-state index contributed by atoms with van der Waals surface area (Å²) in [5, 5.41) is 0.684. The lowest BCUT2D eigenvalue weighted by Gasteiger charge is -2.22. The van der Waals surface area contributed by atoms with Gasteiger partial charge in [-0.05, 0) is 68.2 Å². The third-order valence-corrected chi connectivity index (χ3v) is 5.86. The Labute approximate surface area is 157 Å². The maximum Gasteiger partial charge on any atom is 0.355 e. The van der Waals surface area contributed by atoms with Crippen LogP contribution in [0.25, 0.3) is 0 Å². The SMILES string of the molecule is Cc1c(C(=O)OC2CCCC2)[nH]c2c1C(=O)C[C@H](c1ccc(Cl)cc1)C2. The van der Waals surface area contributed by atoms with Crippen molar-refractivity contribution in [3.63, 3.8) is 0 Å². The van der Waals surface area contributed by atoms with Gasteiger partial charge in [0.15, 0.2) is 5.78 Å². The van der Waals surface area contributed by atoms with E-state index in [2.05, 4.69) is 4.98 Å². The molecule has 2 aromatic rings. The number of H-pyrrole nitrogens is 1. The van der Waals surface area contributed by atoms with Crippen LogP contribution in [0.15, 0.2) is 24.3 Å². The van der Waals surface area contributed by atoms with Crippen molar-refractivity contribution in [3.05, 3.63) is 57.4 Å². The fraction of sp³-hybridized carbons (Fsp3) is 0.429. The van der Waals surface area contributed by atoms with Crippen molar-refractivity contribution in [3.8, 4) is 0 Å². The molecule has 1 heterocycles. The summed E-state index contributed by atoms with van der Waals surface area (Å²) in [5.74, 6) is -0.150. The lowest BCUT2D eigenvalue weighted by molar-refractivity contribution is 0.0310. The highest BCUT2D eigenvalue weighted by Crippen LogP contribution is 2.35. The molecule has 0 spiro atoms. The molecule has 1 N–H and O–H groups in total. The van der Waals surface area contributed by atoms with Crippen LogP contribution in [0.5, 0.6) is 0 Å². The Bertz CT molecular complexity index is 847. The number of ether oxygens (including phenoxy) is 1. The van der Waals surface area contributed by atoms with E-state index < -0.39 is 0 Å². The van der Waals surface area contributed by atoms with Crippen LogP contribution in [0.3, 0.4) is 0 Å². The van der Waals surface area contributed by atoms with Crippen LogP contribution in [-0.4, -0.2) is 22.8 Å². The summed E-state index contributed by atoms with van der Waals surface area (Å²) in [7, 11) is 0. The zero-order valence-corrected chi connectivity index (χ0v) is 15.6. The number of benzene rings is 1. The molecule has 0 bridgehead atoms. The minimum Gasteiger partial charge on any atom is -0.458 e. The first-order valence-electron chi connectivity index (χ1n) is 9.24. The van der Waals surface area contributed by atoms with Gasteiger partial charge < -0.3 is 9.72 Å². The number of ketones is 1. The number of carbonyl (C=O) groups excluding carboxylic acids is 2. The second kappa shape index (κ2) is 6.92. The van der Waals surface area contributed by atoms with Crippen LogP contribution < -0.4 is 0 Å². The number of nitrogens with one attached hydrogen (secondary N) is 1. The highest BCUT2D eigenvalue weighted by molar-refractivity contribution is 6.30. The fourth-order valence-electron chi connectivity index (χ4n) is 4.22. The standard InChI is InChI=1S/C21H22ClNO3/c1-12-19-17(23-20(12)21(25)26-16-4-2-3-5-16)10-14(11-18(19)24)13-6-8-15(22)9-7-13/h6-9,14,16,23H,2-5,10-11H2,1H3/t14-/m1/s1. The van der Waals surface area contributed by atoms with E-state index in [-0.39, 0.29) is 23.8 Å². The summed E-state index contributed by atoms with van der Waals surface area (Å²) in [6, 6.07) is 7.63. The number of aromatic nitrogens is 1. The molecule has 136 valence electrons. The van der Waals surface area contributed by atoms with Crippen molar-refractivity contribution in [1.82, 2.24) is 4.98 Å². The quantitative estimate of drug-likeness (QED) is 0.773. The molecule has 2 aliphatic carbocycles. The first kappa shape index (κ1) is 17.3. The average Bonchev–Trinajstić information content (AvgIpc) is 3.23. The molecule has 0 saturated heterocycles. The molecule has 1 aromatic heterocycles.